The molecule has 0 atom stereocenters. The van der Waals surface area contributed by atoms with E-state index >= 15 is 0 Å². The quantitative estimate of drug-likeness (QED) is 0.613. The van der Waals surface area contributed by atoms with Crippen molar-refractivity contribution < 1.29 is 13.2 Å². The van der Waals surface area contributed by atoms with Crippen LogP contribution in [0.2, 0.25) is 0 Å². The van der Waals surface area contributed by atoms with Gasteiger partial charge in [0.25, 0.3) is 15.9 Å². The van der Waals surface area contributed by atoms with E-state index in [4.69, 9.17) is 0 Å². The molecule has 0 aliphatic rings. The van der Waals surface area contributed by atoms with Crippen molar-refractivity contribution in [2.45, 2.75) is 39.5 Å². The molecule has 152 valence electrons. The summed E-state index contributed by atoms with van der Waals surface area (Å²) in [6.45, 7) is 9.20. The summed E-state index contributed by atoms with van der Waals surface area (Å²) >= 11 is 1.01. The Morgan fingerprint density at radius 3 is 2.28 bits per heavy atom. The number of carbonyl (C=O) groups is 1. The minimum absolute atomic E-state index is 0.161. The summed E-state index contributed by atoms with van der Waals surface area (Å²) < 4.78 is 28.0. The van der Waals surface area contributed by atoms with E-state index in [1.807, 2.05) is 45.0 Å². The number of hydrogen-bond donors (Lipinski definition) is 2. The molecular weight excluding hydrogens is 406 g/mol. The fraction of sp³-hybridized carbons (Fsp3) is 0.238. The Kier molecular flexibility index (Phi) is 5.77. The van der Waals surface area contributed by atoms with E-state index < -0.39 is 10.0 Å². The average molecular weight is 430 g/mol. The second-order valence-electron chi connectivity index (χ2n) is 7.08. The fourth-order valence-corrected chi connectivity index (χ4v) is 5.30. The van der Waals surface area contributed by atoms with Crippen LogP contribution in [0.15, 0.2) is 41.3 Å². The molecule has 0 radical (unpaired) electrons. The number of hydrogen-bond acceptors (Lipinski definition) is 5. The van der Waals surface area contributed by atoms with Crippen molar-refractivity contribution in [2.24, 2.45) is 0 Å². The summed E-state index contributed by atoms with van der Waals surface area (Å²) in [7, 11) is -3.79. The van der Waals surface area contributed by atoms with Gasteiger partial charge in [0, 0.05) is 5.69 Å². The lowest BCUT2D eigenvalue weighted by atomic mass is 10.1. The molecule has 3 aromatic rings. The normalized spacial score (nSPS) is 11.3. The molecule has 0 aliphatic heterocycles. The number of rotatable bonds is 5. The molecule has 0 aliphatic carbocycles. The molecule has 0 fully saturated rings. The van der Waals surface area contributed by atoms with Gasteiger partial charge in [-0.15, -0.1) is 0 Å². The highest BCUT2D eigenvalue weighted by Crippen LogP contribution is 2.27. The van der Waals surface area contributed by atoms with Gasteiger partial charge in [0.05, 0.1) is 10.6 Å². The lowest BCUT2D eigenvalue weighted by Crippen LogP contribution is -2.14. The van der Waals surface area contributed by atoms with Crippen LogP contribution in [0, 0.1) is 34.6 Å². The van der Waals surface area contributed by atoms with Gasteiger partial charge in [0.2, 0.25) is 0 Å². The van der Waals surface area contributed by atoms with Crippen LogP contribution in [0.1, 0.15) is 37.6 Å². The molecule has 0 saturated heterocycles. The van der Waals surface area contributed by atoms with Crippen LogP contribution in [0.25, 0.3) is 0 Å². The topological polar surface area (TPSA) is 88.2 Å². The molecule has 29 heavy (non-hydrogen) atoms. The highest BCUT2D eigenvalue weighted by Gasteiger charge is 2.22. The molecule has 3 rings (SSSR count). The highest BCUT2D eigenvalue weighted by molar-refractivity contribution is 7.93. The van der Waals surface area contributed by atoms with Crippen molar-refractivity contribution in [2.75, 3.05) is 10.0 Å². The van der Waals surface area contributed by atoms with Crippen molar-refractivity contribution in [3.63, 3.8) is 0 Å². The van der Waals surface area contributed by atoms with Crippen LogP contribution in [0.3, 0.4) is 0 Å². The Morgan fingerprint density at radius 1 is 0.931 bits per heavy atom. The summed E-state index contributed by atoms with van der Waals surface area (Å²) in [5.41, 5.74) is 4.81. The second kappa shape index (κ2) is 7.96. The molecule has 0 spiro atoms. The predicted octanol–water partition coefficient (Wildman–Crippen LogP) is 4.74. The highest BCUT2D eigenvalue weighted by atomic mass is 32.2. The van der Waals surface area contributed by atoms with Crippen molar-refractivity contribution in [1.82, 2.24) is 4.98 Å². The molecule has 0 unspecified atom stereocenters. The maximum absolute atomic E-state index is 12.8. The Bertz CT molecular complexity index is 1200. The van der Waals surface area contributed by atoms with Gasteiger partial charge in [-0.2, -0.15) is 0 Å². The Morgan fingerprint density at radius 2 is 1.59 bits per heavy atom. The van der Waals surface area contributed by atoms with E-state index in [0.717, 1.165) is 33.7 Å². The number of nitrogens with zero attached hydrogens (tertiary/aromatic N) is 1. The Hall–Kier alpha value is -2.71. The smallest absolute Gasteiger partial charge is 0.267 e. The minimum atomic E-state index is -3.79. The summed E-state index contributed by atoms with van der Waals surface area (Å²) in [5.74, 6) is -0.314. The van der Waals surface area contributed by atoms with Gasteiger partial charge >= 0.3 is 0 Å². The van der Waals surface area contributed by atoms with Crippen molar-refractivity contribution in [1.29, 1.82) is 0 Å². The number of sulfonamides is 1. The summed E-state index contributed by atoms with van der Waals surface area (Å²) in [5, 5.41) is 3.05. The van der Waals surface area contributed by atoms with E-state index in [9.17, 15) is 13.2 Å². The molecule has 1 heterocycles. The summed E-state index contributed by atoms with van der Waals surface area (Å²) in [4.78, 5) is 17.5. The second-order valence-corrected chi connectivity index (χ2v) is 9.73. The SMILES string of the molecule is Cc1ccc(S(=O)(=O)Nc2nc(C)c(C(=O)Nc3cc(C)ccc3C)s2)c(C)c1. The summed E-state index contributed by atoms with van der Waals surface area (Å²) in [6.07, 6.45) is 0. The average Bonchev–Trinajstić information content (AvgIpc) is 2.97. The lowest BCUT2D eigenvalue weighted by Gasteiger charge is -2.09. The largest absolute Gasteiger partial charge is 0.321 e. The standard InChI is InChI=1S/C21H23N3O3S2/c1-12-7-9-18(15(4)10-12)29(26,27)24-21-22-16(5)19(28-21)20(25)23-17-11-13(2)6-8-14(17)3/h6-11H,1-5H3,(H,22,24)(H,23,25). The number of benzene rings is 2. The number of anilines is 2. The van der Waals surface area contributed by atoms with Crippen LogP contribution in [0.4, 0.5) is 10.8 Å². The van der Waals surface area contributed by atoms with Crippen LogP contribution in [0.5, 0.6) is 0 Å². The number of nitrogens with one attached hydrogen (secondary N) is 2. The Balaban J connectivity index is 1.84. The molecule has 8 heteroatoms. The zero-order chi connectivity index (χ0) is 21.3. The maximum atomic E-state index is 12.8. The van der Waals surface area contributed by atoms with E-state index in [1.165, 1.54) is 0 Å². The molecule has 1 amide bonds. The number of aromatic nitrogens is 1. The minimum Gasteiger partial charge on any atom is -0.321 e. The van der Waals surface area contributed by atoms with E-state index in [0.29, 0.717) is 16.1 Å². The molecule has 2 N–H and O–H groups in total. The summed E-state index contributed by atoms with van der Waals surface area (Å²) in [6, 6.07) is 10.9. The first-order valence-corrected chi connectivity index (χ1v) is 11.3. The number of aryl methyl sites for hydroxylation is 5. The number of thiazole rings is 1. The lowest BCUT2D eigenvalue weighted by molar-refractivity contribution is 0.102. The third kappa shape index (κ3) is 4.65. The van der Waals surface area contributed by atoms with Crippen molar-refractivity contribution in [3.8, 4) is 0 Å². The number of amides is 1. The van der Waals surface area contributed by atoms with Gasteiger partial charge in [-0.05, 0) is 63.4 Å². The first-order chi connectivity index (χ1) is 13.6. The number of carbonyl (C=O) groups excluding carboxylic acids is 1. The van der Waals surface area contributed by atoms with Gasteiger partial charge in [-0.1, -0.05) is 41.2 Å². The van der Waals surface area contributed by atoms with Crippen molar-refractivity contribution >= 4 is 38.1 Å². The van der Waals surface area contributed by atoms with E-state index in [-0.39, 0.29) is 15.9 Å². The zero-order valence-corrected chi connectivity index (χ0v) is 18.6. The third-order valence-electron chi connectivity index (χ3n) is 4.49. The molecular formula is C21H23N3O3S2. The molecule has 0 saturated carbocycles. The molecule has 6 nitrogen and oxygen atoms in total. The predicted molar refractivity (Wildman–Crippen MR) is 117 cm³/mol. The van der Waals surface area contributed by atoms with Gasteiger partial charge in [0.15, 0.2) is 5.13 Å². The monoisotopic (exact) mass is 429 g/mol. The van der Waals surface area contributed by atoms with Crippen LogP contribution in [-0.2, 0) is 10.0 Å². The fourth-order valence-electron chi connectivity index (χ4n) is 2.97. The molecule has 2 aromatic carbocycles. The third-order valence-corrected chi connectivity index (χ3v) is 7.19. The van der Waals surface area contributed by atoms with E-state index in [1.54, 1.807) is 26.0 Å². The first-order valence-electron chi connectivity index (χ1n) is 9.03. The van der Waals surface area contributed by atoms with Crippen LogP contribution < -0.4 is 10.0 Å². The van der Waals surface area contributed by atoms with Gasteiger partial charge < -0.3 is 5.32 Å². The Labute approximate surface area is 175 Å². The molecule has 1 aromatic heterocycles. The van der Waals surface area contributed by atoms with Gasteiger partial charge in [-0.25, -0.2) is 13.4 Å². The van der Waals surface area contributed by atoms with Crippen LogP contribution >= 0.6 is 11.3 Å². The van der Waals surface area contributed by atoms with Gasteiger partial charge in [0.1, 0.15) is 4.88 Å². The first kappa shape index (κ1) is 21.0. The molecule has 0 bridgehead atoms. The maximum Gasteiger partial charge on any atom is 0.267 e. The van der Waals surface area contributed by atoms with E-state index in [2.05, 4.69) is 15.0 Å². The van der Waals surface area contributed by atoms with Crippen molar-refractivity contribution in [3.05, 3.63) is 69.2 Å². The van der Waals surface area contributed by atoms with Gasteiger partial charge in [-0.3, -0.25) is 9.52 Å². The van der Waals surface area contributed by atoms with Crippen LogP contribution in [-0.4, -0.2) is 19.3 Å². The zero-order valence-electron chi connectivity index (χ0n) is 17.0.